The van der Waals surface area contributed by atoms with Crippen molar-refractivity contribution in [1.29, 1.82) is 0 Å². The van der Waals surface area contributed by atoms with Gasteiger partial charge in [-0.2, -0.15) is 0 Å². The van der Waals surface area contributed by atoms with Gasteiger partial charge in [-0.1, -0.05) is 17.3 Å². The van der Waals surface area contributed by atoms with E-state index in [-0.39, 0.29) is 24.8 Å². The number of nitrogens with one attached hydrogen (secondary N) is 1. The van der Waals surface area contributed by atoms with E-state index in [0.29, 0.717) is 22.7 Å². The predicted molar refractivity (Wildman–Crippen MR) is 105 cm³/mol. The van der Waals surface area contributed by atoms with Gasteiger partial charge in [0.15, 0.2) is 5.82 Å². The molecule has 0 fully saturated rings. The summed E-state index contributed by atoms with van der Waals surface area (Å²) in [6.07, 6.45) is 0. The zero-order chi connectivity index (χ0) is 21.0. The molecule has 1 N–H and O–H groups in total. The minimum absolute atomic E-state index is 0.0235. The molecule has 0 bridgehead atoms. The maximum absolute atomic E-state index is 12.2. The van der Waals surface area contributed by atoms with E-state index in [1.54, 1.807) is 44.2 Å². The van der Waals surface area contributed by atoms with Crippen LogP contribution in [-0.2, 0) is 14.3 Å². The maximum atomic E-state index is 12.2. The highest BCUT2D eigenvalue weighted by molar-refractivity contribution is 8.01. The molecule has 1 unspecified atom stereocenters. The van der Waals surface area contributed by atoms with Gasteiger partial charge in [0.1, 0.15) is 12.4 Å². The molecule has 0 spiro atoms. The second-order valence-electron chi connectivity index (χ2n) is 6.29. The van der Waals surface area contributed by atoms with E-state index in [9.17, 15) is 19.2 Å². The number of ether oxygens (including phenoxy) is 1. The minimum atomic E-state index is -0.538. The van der Waals surface area contributed by atoms with E-state index in [0.717, 1.165) is 16.7 Å². The molecule has 3 rings (SSSR count). The summed E-state index contributed by atoms with van der Waals surface area (Å²) in [5, 5.41) is 5.74. The number of esters is 1. The third-order valence-corrected chi connectivity index (χ3v) is 5.27. The van der Waals surface area contributed by atoms with Crippen LogP contribution in [0.2, 0.25) is 0 Å². The number of hydrogen-bond acceptors (Lipinski definition) is 8. The van der Waals surface area contributed by atoms with E-state index in [4.69, 9.17) is 9.26 Å². The van der Waals surface area contributed by atoms with E-state index in [2.05, 4.69) is 10.5 Å². The fourth-order valence-corrected chi connectivity index (χ4v) is 3.34. The quantitative estimate of drug-likeness (QED) is 0.511. The molecule has 1 aromatic carbocycles. The number of thioether (sulfide) groups is 1. The number of aromatic nitrogens is 1. The fourth-order valence-electron chi connectivity index (χ4n) is 2.66. The molecule has 3 amide bonds. The van der Waals surface area contributed by atoms with Gasteiger partial charge in [0.2, 0.25) is 5.91 Å². The van der Waals surface area contributed by atoms with Crippen LogP contribution in [0, 0.1) is 6.92 Å². The highest BCUT2D eigenvalue weighted by atomic mass is 32.2. The second kappa shape index (κ2) is 8.91. The van der Waals surface area contributed by atoms with Crippen molar-refractivity contribution in [1.82, 2.24) is 10.1 Å². The topological polar surface area (TPSA) is 119 Å². The van der Waals surface area contributed by atoms with Gasteiger partial charge < -0.3 is 14.6 Å². The first-order valence-corrected chi connectivity index (χ1v) is 9.88. The minimum Gasteiger partial charge on any atom is -0.463 e. The Morgan fingerprint density at radius 2 is 1.90 bits per heavy atom. The lowest BCUT2D eigenvalue weighted by molar-refractivity contribution is -0.140. The summed E-state index contributed by atoms with van der Waals surface area (Å²) < 4.78 is 9.95. The maximum Gasteiger partial charge on any atom is 0.315 e. The summed E-state index contributed by atoms with van der Waals surface area (Å²) in [6.45, 7) is 3.23. The lowest BCUT2D eigenvalue weighted by Gasteiger charge is -2.14. The highest BCUT2D eigenvalue weighted by Gasteiger charge is 2.34. The van der Waals surface area contributed by atoms with E-state index in [1.807, 2.05) is 0 Å². The molecule has 1 aliphatic heterocycles. The van der Waals surface area contributed by atoms with Crippen LogP contribution in [0.25, 0.3) is 0 Å². The van der Waals surface area contributed by atoms with Crippen molar-refractivity contribution in [2.75, 3.05) is 24.2 Å². The normalized spacial score (nSPS) is 13.9. The molecule has 2 heterocycles. The number of amides is 3. The molecule has 9 nitrogen and oxygen atoms in total. The number of nitrogens with zero attached hydrogens (tertiary/aromatic N) is 2. The van der Waals surface area contributed by atoms with Crippen LogP contribution in [0.3, 0.4) is 0 Å². The number of carbonyl (C=O) groups is 4. The van der Waals surface area contributed by atoms with Crippen LogP contribution in [0.15, 0.2) is 34.9 Å². The van der Waals surface area contributed by atoms with Gasteiger partial charge in [-0.25, -0.2) is 0 Å². The SMILES string of the molecule is Cc1cc(NC(=O)C(C)SCC(=O)OCCN2C(=O)c3ccccc3C2=O)no1. The fraction of sp³-hybridized carbons (Fsp3) is 0.316. The summed E-state index contributed by atoms with van der Waals surface area (Å²) in [4.78, 5) is 49.5. The first-order valence-electron chi connectivity index (χ1n) is 8.83. The summed E-state index contributed by atoms with van der Waals surface area (Å²) >= 11 is 1.10. The van der Waals surface area contributed by atoms with Crippen molar-refractivity contribution in [3.63, 3.8) is 0 Å². The zero-order valence-corrected chi connectivity index (χ0v) is 16.7. The standard InChI is InChI=1S/C19H19N3O6S/c1-11-9-15(21-28-11)20-17(24)12(2)29-10-16(23)27-8-7-22-18(25)13-5-3-4-6-14(13)19(22)26/h3-6,9,12H,7-8,10H2,1-2H3,(H,20,21,24). The monoisotopic (exact) mass is 417 g/mol. The molecule has 0 radical (unpaired) electrons. The Morgan fingerprint density at radius 1 is 1.24 bits per heavy atom. The van der Waals surface area contributed by atoms with Gasteiger partial charge in [0.25, 0.3) is 11.8 Å². The third kappa shape index (κ3) is 4.83. The average molecular weight is 417 g/mol. The Bertz CT molecular complexity index is 922. The van der Waals surface area contributed by atoms with Crippen LogP contribution >= 0.6 is 11.8 Å². The van der Waals surface area contributed by atoms with Gasteiger partial charge in [0, 0.05) is 6.07 Å². The first-order chi connectivity index (χ1) is 13.9. The molecule has 0 saturated carbocycles. The Hall–Kier alpha value is -3.14. The van der Waals surface area contributed by atoms with Crippen LogP contribution < -0.4 is 5.32 Å². The third-order valence-electron chi connectivity index (χ3n) is 4.16. The second-order valence-corrected chi connectivity index (χ2v) is 7.62. The van der Waals surface area contributed by atoms with Crippen molar-refractivity contribution in [2.45, 2.75) is 19.1 Å². The number of rotatable bonds is 8. The molecule has 2 aromatic rings. The van der Waals surface area contributed by atoms with Gasteiger partial charge >= 0.3 is 5.97 Å². The van der Waals surface area contributed by atoms with Crippen LogP contribution in [0.4, 0.5) is 5.82 Å². The summed E-state index contributed by atoms with van der Waals surface area (Å²) in [5.74, 6) is -0.820. The van der Waals surface area contributed by atoms with Crippen LogP contribution in [0.1, 0.15) is 33.4 Å². The van der Waals surface area contributed by atoms with Crippen molar-refractivity contribution >= 4 is 41.3 Å². The van der Waals surface area contributed by atoms with E-state index >= 15 is 0 Å². The van der Waals surface area contributed by atoms with E-state index in [1.165, 1.54) is 0 Å². The molecule has 152 valence electrons. The molecule has 1 aromatic heterocycles. The molecule has 1 aliphatic rings. The molecule has 0 aliphatic carbocycles. The number of benzene rings is 1. The van der Waals surface area contributed by atoms with Crippen LogP contribution in [0.5, 0.6) is 0 Å². The zero-order valence-electron chi connectivity index (χ0n) is 15.8. The van der Waals surface area contributed by atoms with Crippen molar-refractivity contribution in [2.24, 2.45) is 0 Å². The Labute approximate surface area is 170 Å². The molecule has 1 atom stereocenters. The van der Waals surface area contributed by atoms with E-state index < -0.39 is 23.0 Å². The average Bonchev–Trinajstić information content (AvgIpc) is 3.22. The van der Waals surface area contributed by atoms with Crippen molar-refractivity contribution < 1.29 is 28.4 Å². The first kappa shape index (κ1) is 20.6. The largest absolute Gasteiger partial charge is 0.463 e. The van der Waals surface area contributed by atoms with Crippen LogP contribution in [-0.4, -0.2) is 57.9 Å². The summed E-state index contributed by atoms with van der Waals surface area (Å²) in [6, 6.07) is 8.14. The molecule has 0 saturated heterocycles. The number of carbonyl (C=O) groups excluding carboxylic acids is 4. The number of aryl methyl sites for hydroxylation is 1. The summed E-state index contributed by atoms with van der Waals surface area (Å²) in [7, 11) is 0. The lowest BCUT2D eigenvalue weighted by Crippen LogP contribution is -2.33. The number of imide groups is 1. The lowest BCUT2D eigenvalue weighted by atomic mass is 10.1. The molecular weight excluding hydrogens is 398 g/mol. The Morgan fingerprint density at radius 3 is 2.48 bits per heavy atom. The van der Waals surface area contributed by atoms with Crippen molar-refractivity contribution in [3.8, 4) is 0 Å². The number of fused-ring (bicyclic) bond motifs is 1. The van der Waals surface area contributed by atoms with Gasteiger partial charge in [0.05, 0.1) is 28.7 Å². The Kier molecular flexibility index (Phi) is 6.32. The molecule has 10 heteroatoms. The smallest absolute Gasteiger partial charge is 0.315 e. The van der Waals surface area contributed by atoms with Crippen molar-refractivity contribution in [3.05, 3.63) is 47.2 Å². The number of anilines is 1. The highest BCUT2D eigenvalue weighted by Crippen LogP contribution is 2.22. The van der Waals surface area contributed by atoms with Gasteiger partial charge in [-0.3, -0.25) is 24.1 Å². The number of hydrogen-bond donors (Lipinski definition) is 1. The molecular formula is C19H19N3O6S. The van der Waals surface area contributed by atoms with Gasteiger partial charge in [-0.15, -0.1) is 11.8 Å². The Balaban J connectivity index is 1.39. The summed E-state index contributed by atoms with van der Waals surface area (Å²) in [5.41, 5.74) is 0.697. The van der Waals surface area contributed by atoms with Gasteiger partial charge in [-0.05, 0) is 26.0 Å². The molecule has 29 heavy (non-hydrogen) atoms. The predicted octanol–water partition coefficient (Wildman–Crippen LogP) is 1.88.